The van der Waals surface area contributed by atoms with Crippen LogP contribution in [0, 0.1) is 5.92 Å². The van der Waals surface area contributed by atoms with Gasteiger partial charge in [0.2, 0.25) is 17.7 Å². The van der Waals surface area contributed by atoms with Crippen LogP contribution in [-0.2, 0) is 32.1 Å². The number of carbonyl (C=O) groups is 4. The largest absolute Gasteiger partial charge is 0.490 e. The number of ketones is 1. The minimum atomic E-state index is -1.06. The van der Waals surface area contributed by atoms with Gasteiger partial charge in [0, 0.05) is 23.6 Å². The summed E-state index contributed by atoms with van der Waals surface area (Å²) in [6.45, 7) is 5.92. The zero-order valence-electron chi connectivity index (χ0n) is 22.4. The smallest absolute Gasteiger partial charge is 0.245 e. The van der Waals surface area contributed by atoms with E-state index in [1.54, 1.807) is 25.3 Å². The van der Waals surface area contributed by atoms with E-state index in [4.69, 9.17) is 9.47 Å². The van der Waals surface area contributed by atoms with Crippen LogP contribution in [0.25, 0.3) is 10.9 Å². The highest BCUT2D eigenvalue weighted by molar-refractivity contribution is 6.05. The third kappa shape index (κ3) is 6.57. The highest BCUT2D eigenvalue weighted by Gasteiger charge is 2.34. The van der Waals surface area contributed by atoms with Crippen LogP contribution in [0.2, 0.25) is 0 Å². The van der Waals surface area contributed by atoms with E-state index >= 15 is 0 Å². The monoisotopic (exact) mass is 534 g/mol. The van der Waals surface area contributed by atoms with Gasteiger partial charge in [-0.05, 0) is 56.5 Å². The number of aromatic amines is 1. The molecule has 3 aromatic rings. The van der Waals surface area contributed by atoms with Gasteiger partial charge in [0.1, 0.15) is 18.5 Å². The number of benzene rings is 2. The number of nitrogens with one attached hydrogen (secondary N) is 3. The normalized spacial score (nSPS) is 16.1. The molecule has 1 aromatic heterocycles. The lowest BCUT2D eigenvalue weighted by molar-refractivity contribution is -0.147. The number of ether oxygens (including phenoxy) is 2. The number of hydrogen-bond acceptors (Lipinski definition) is 6. The van der Waals surface area contributed by atoms with Crippen molar-refractivity contribution in [1.82, 2.24) is 20.5 Å². The standard InChI is InChI=1S/C29H34N4O6/c1-4-38-25-11-10-19(12-26(25)39-5-2)14-31-28(36)22(13-20-15-30-23-9-7-6-8-21(20)23)24(34)16-33-17-27(35)32-18(3)29(33)37/h6-12,15,18,22,30H,4-5,13-14,16-17H2,1-3H3,(H,31,36)(H,32,35). The van der Waals surface area contributed by atoms with Crippen LogP contribution in [0.5, 0.6) is 11.5 Å². The number of piperazine rings is 1. The number of para-hydroxylation sites is 1. The number of aromatic nitrogens is 1. The SMILES string of the molecule is CCOc1ccc(CNC(=O)C(Cc2c[nH]c3ccccc23)C(=O)CN2CC(=O)NC(C)C2=O)cc1OCC. The second kappa shape index (κ2) is 12.5. The summed E-state index contributed by atoms with van der Waals surface area (Å²) in [5.41, 5.74) is 2.49. The number of Topliss-reactive ketones (excluding diaryl/α,β-unsaturated/α-hetero) is 1. The average molecular weight is 535 g/mol. The van der Waals surface area contributed by atoms with Crippen molar-refractivity contribution in [3.05, 3.63) is 59.8 Å². The first-order chi connectivity index (χ1) is 18.8. The maximum atomic E-state index is 13.5. The Morgan fingerprint density at radius 2 is 1.82 bits per heavy atom. The highest BCUT2D eigenvalue weighted by atomic mass is 16.5. The summed E-state index contributed by atoms with van der Waals surface area (Å²) in [6, 6.07) is 12.3. The molecule has 1 saturated heterocycles. The van der Waals surface area contributed by atoms with Gasteiger partial charge in [-0.25, -0.2) is 0 Å². The van der Waals surface area contributed by atoms with Crippen molar-refractivity contribution in [2.24, 2.45) is 5.92 Å². The third-order valence-corrected chi connectivity index (χ3v) is 6.62. The maximum Gasteiger partial charge on any atom is 0.245 e. The van der Waals surface area contributed by atoms with Crippen LogP contribution >= 0.6 is 0 Å². The molecule has 1 fully saturated rings. The number of fused-ring (bicyclic) bond motifs is 1. The van der Waals surface area contributed by atoms with E-state index in [9.17, 15) is 19.2 Å². The summed E-state index contributed by atoms with van der Waals surface area (Å²) in [5, 5.41) is 6.35. The predicted molar refractivity (Wildman–Crippen MR) is 145 cm³/mol. The van der Waals surface area contributed by atoms with Crippen molar-refractivity contribution in [2.45, 2.75) is 39.8 Å². The van der Waals surface area contributed by atoms with Crippen molar-refractivity contribution in [3.63, 3.8) is 0 Å². The quantitative estimate of drug-likeness (QED) is 0.306. The molecule has 0 spiro atoms. The molecule has 0 bridgehead atoms. The lowest BCUT2D eigenvalue weighted by Gasteiger charge is -2.31. The van der Waals surface area contributed by atoms with E-state index in [2.05, 4.69) is 15.6 Å². The maximum absolute atomic E-state index is 13.5. The van der Waals surface area contributed by atoms with Crippen molar-refractivity contribution < 1.29 is 28.7 Å². The van der Waals surface area contributed by atoms with E-state index in [-0.39, 0.29) is 37.9 Å². The summed E-state index contributed by atoms with van der Waals surface area (Å²) in [4.78, 5) is 56.0. The summed E-state index contributed by atoms with van der Waals surface area (Å²) in [5.74, 6) is -1.46. The summed E-state index contributed by atoms with van der Waals surface area (Å²) in [7, 11) is 0. The molecule has 2 unspecified atom stereocenters. The van der Waals surface area contributed by atoms with Gasteiger partial charge < -0.3 is 30.0 Å². The predicted octanol–water partition coefficient (Wildman–Crippen LogP) is 2.36. The number of carbonyl (C=O) groups excluding carboxylic acids is 4. The van der Waals surface area contributed by atoms with Gasteiger partial charge in [0.15, 0.2) is 17.3 Å². The van der Waals surface area contributed by atoms with Crippen molar-refractivity contribution in [3.8, 4) is 11.5 Å². The number of rotatable bonds is 12. The Balaban J connectivity index is 1.54. The van der Waals surface area contributed by atoms with E-state index in [1.807, 2.05) is 44.2 Å². The first-order valence-electron chi connectivity index (χ1n) is 13.1. The third-order valence-electron chi connectivity index (χ3n) is 6.62. The van der Waals surface area contributed by atoms with Crippen LogP contribution in [0.1, 0.15) is 31.9 Å². The fourth-order valence-corrected chi connectivity index (χ4v) is 4.70. The highest BCUT2D eigenvalue weighted by Crippen LogP contribution is 2.28. The molecule has 2 atom stereocenters. The molecule has 39 heavy (non-hydrogen) atoms. The van der Waals surface area contributed by atoms with E-state index in [1.165, 1.54) is 4.90 Å². The molecule has 1 aliphatic heterocycles. The van der Waals surface area contributed by atoms with Crippen LogP contribution in [0.15, 0.2) is 48.7 Å². The lowest BCUT2D eigenvalue weighted by atomic mass is 9.93. The number of hydrogen-bond donors (Lipinski definition) is 3. The molecule has 0 radical (unpaired) electrons. The zero-order valence-corrected chi connectivity index (χ0v) is 22.4. The lowest BCUT2D eigenvalue weighted by Crippen LogP contribution is -2.58. The first-order valence-corrected chi connectivity index (χ1v) is 13.1. The second-order valence-electron chi connectivity index (χ2n) is 9.43. The summed E-state index contributed by atoms with van der Waals surface area (Å²) in [6.07, 6.45) is 1.94. The van der Waals surface area contributed by atoms with E-state index in [0.717, 1.165) is 22.0 Å². The minimum absolute atomic E-state index is 0.145. The molecular weight excluding hydrogens is 500 g/mol. The molecule has 206 valence electrons. The van der Waals surface area contributed by atoms with Crippen molar-refractivity contribution in [2.75, 3.05) is 26.3 Å². The molecule has 0 aliphatic carbocycles. The van der Waals surface area contributed by atoms with Crippen LogP contribution in [0.4, 0.5) is 0 Å². The van der Waals surface area contributed by atoms with Gasteiger partial charge in [-0.15, -0.1) is 0 Å². The Kier molecular flexibility index (Phi) is 8.85. The van der Waals surface area contributed by atoms with Crippen molar-refractivity contribution in [1.29, 1.82) is 0 Å². The molecule has 3 amide bonds. The van der Waals surface area contributed by atoms with Gasteiger partial charge in [0.05, 0.1) is 19.8 Å². The molecular formula is C29H34N4O6. The van der Waals surface area contributed by atoms with Crippen LogP contribution < -0.4 is 20.1 Å². The Morgan fingerprint density at radius 1 is 1.08 bits per heavy atom. The Morgan fingerprint density at radius 3 is 2.59 bits per heavy atom. The van der Waals surface area contributed by atoms with E-state index in [0.29, 0.717) is 24.7 Å². The van der Waals surface area contributed by atoms with Gasteiger partial charge >= 0.3 is 0 Å². The first kappa shape index (κ1) is 27.7. The molecule has 10 nitrogen and oxygen atoms in total. The Bertz CT molecular complexity index is 1370. The van der Waals surface area contributed by atoms with Gasteiger partial charge in [-0.1, -0.05) is 24.3 Å². The van der Waals surface area contributed by atoms with Crippen molar-refractivity contribution >= 4 is 34.4 Å². The summed E-state index contributed by atoms with van der Waals surface area (Å²) >= 11 is 0. The Labute approximate surface area is 227 Å². The van der Waals surface area contributed by atoms with Gasteiger partial charge in [-0.3, -0.25) is 19.2 Å². The molecule has 0 saturated carbocycles. The summed E-state index contributed by atoms with van der Waals surface area (Å²) < 4.78 is 11.3. The number of nitrogens with zero attached hydrogens (tertiary/aromatic N) is 1. The molecule has 2 heterocycles. The van der Waals surface area contributed by atoms with Gasteiger partial charge in [-0.2, -0.15) is 0 Å². The molecule has 10 heteroatoms. The fourth-order valence-electron chi connectivity index (χ4n) is 4.70. The molecule has 3 N–H and O–H groups in total. The molecule has 1 aliphatic rings. The van der Waals surface area contributed by atoms with Crippen LogP contribution in [0.3, 0.4) is 0 Å². The average Bonchev–Trinajstić information content (AvgIpc) is 3.33. The Hall–Kier alpha value is -4.34. The van der Waals surface area contributed by atoms with E-state index < -0.39 is 23.7 Å². The fraction of sp³-hybridized carbons (Fsp3) is 0.379. The second-order valence-corrected chi connectivity index (χ2v) is 9.43. The molecule has 2 aromatic carbocycles. The minimum Gasteiger partial charge on any atom is -0.490 e. The zero-order chi connectivity index (χ0) is 27.9. The number of H-pyrrole nitrogens is 1. The van der Waals surface area contributed by atoms with Gasteiger partial charge in [0.25, 0.3) is 0 Å². The van der Waals surface area contributed by atoms with Crippen LogP contribution in [-0.4, -0.2) is 65.7 Å². The topological polar surface area (TPSA) is 130 Å². The molecule has 4 rings (SSSR count). The number of amides is 3.